The summed E-state index contributed by atoms with van der Waals surface area (Å²) in [5.74, 6) is 0. The van der Waals surface area contributed by atoms with E-state index in [1.165, 1.54) is 0 Å². The largest absolute Gasteiger partial charge is 0.390 e. The Morgan fingerprint density at radius 3 is 2.44 bits per heavy atom. The molecule has 0 bridgehead atoms. The summed E-state index contributed by atoms with van der Waals surface area (Å²) in [5, 5.41) is 0. The molecule has 16 heavy (non-hydrogen) atoms. The van der Waals surface area contributed by atoms with Crippen molar-refractivity contribution in [1.29, 1.82) is 0 Å². The third-order valence-corrected chi connectivity index (χ3v) is 2.81. The highest BCUT2D eigenvalue weighted by Crippen LogP contribution is 2.15. The number of primary amides is 1. The van der Waals surface area contributed by atoms with E-state index in [0.717, 1.165) is 6.34 Å². The van der Waals surface area contributed by atoms with Crippen LogP contribution in [0.1, 0.15) is 12.8 Å². The molecule has 1 fully saturated rings. The molecular weight excluding hydrogens is 210 g/mol. The average Bonchev–Trinajstić information content (AvgIpc) is 2.28. The first-order valence-corrected chi connectivity index (χ1v) is 5.11. The summed E-state index contributed by atoms with van der Waals surface area (Å²) in [6.45, 7) is 1.15. The van der Waals surface area contributed by atoms with Crippen LogP contribution in [0.15, 0.2) is 4.99 Å². The van der Waals surface area contributed by atoms with Gasteiger partial charge in [-0.3, -0.25) is 0 Å². The zero-order valence-corrected chi connectivity index (χ0v) is 9.30. The highest BCUT2D eigenvalue weighted by atomic mass is 16.2. The molecule has 1 rings (SSSR count). The molecule has 1 saturated heterocycles. The monoisotopic (exact) mass is 227 g/mol. The molecular formula is C9H17N5O2. The minimum atomic E-state index is -0.410. The summed E-state index contributed by atoms with van der Waals surface area (Å²) >= 11 is 0. The lowest BCUT2D eigenvalue weighted by atomic mass is 10.0. The van der Waals surface area contributed by atoms with Crippen LogP contribution >= 0.6 is 0 Å². The molecule has 7 nitrogen and oxygen atoms in total. The van der Waals surface area contributed by atoms with Crippen molar-refractivity contribution < 1.29 is 9.59 Å². The molecule has 1 aliphatic heterocycles. The number of nitrogens with two attached hydrogens (primary N) is 2. The third-order valence-electron chi connectivity index (χ3n) is 2.81. The lowest BCUT2D eigenvalue weighted by Gasteiger charge is -2.35. The van der Waals surface area contributed by atoms with Crippen molar-refractivity contribution >= 4 is 18.4 Å². The number of piperidine rings is 1. The van der Waals surface area contributed by atoms with Crippen molar-refractivity contribution in [2.45, 2.75) is 18.9 Å². The molecule has 0 aromatic heterocycles. The summed E-state index contributed by atoms with van der Waals surface area (Å²) in [7, 11) is 1.68. The van der Waals surface area contributed by atoms with Crippen LogP contribution in [0.2, 0.25) is 0 Å². The summed E-state index contributed by atoms with van der Waals surface area (Å²) in [6.07, 6.45) is 2.41. The Morgan fingerprint density at radius 2 is 2.00 bits per heavy atom. The van der Waals surface area contributed by atoms with E-state index in [1.807, 2.05) is 0 Å². The standard InChI is InChI=1S/C9H17N5O2/c1-13(9(16)12-6-10)7-2-4-14(5-3-7)8(11)15/h6-7H,2-5H2,1H3,(H2,11,15)(H2,10,12,16). The van der Waals surface area contributed by atoms with Gasteiger partial charge < -0.3 is 21.3 Å². The second kappa shape index (κ2) is 5.34. The van der Waals surface area contributed by atoms with E-state index in [4.69, 9.17) is 11.5 Å². The highest BCUT2D eigenvalue weighted by Gasteiger charge is 2.26. The molecule has 7 heteroatoms. The van der Waals surface area contributed by atoms with Gasteiger partial charge in [-0.25, -0.2) is 9.59 Å². The summed E-state index contributed by atoms with van der Waals surface area (Å²) in [4.78, 5) is 28.9. The van der Waals surface area contributed by atoms with E-state index in [-0.39, 0.29) is 12.1 Å². The van der Waals surface area contributed by atoms with Gasteiger partial charge in [0.25, 0.3) is 0 Å². The van der Waals surface area contributed by atoms with Crippen LogP contribution in [0, 0.1) is 0 Å². The van der Waals surface area contributed by atoms with Gasteiger partial charge in [0.05, 0.1) is 6.34 Å². The van der Waals surface area contributed by atoms with Gasteiger partial charge in [-0.15, -0.1) is 0 Å². The Kier molecular flexibility index (Phi) is 4.10. The van der Waals surface area contributed by atoms with E-state index in [9.17, 15) is 9.59 Å². The Labute approximate surface area is 94.1 Å². The fraction of sp³-hybridized carbons (Fsp3) is 0.667. The molecule has 0 saturated carbocycles. The molecule has 0 aliphatic carbocycles. The maximum absolute atomic E-state index is 11.4. The first-order valence-electron chi connectivity index (χ1n) is 5.11. The van der Waals surface area contributed by atoms with Crippen LogP contribution in [0.25, 0.3) is 0 Å². The van der Waals surface area contributed by atoms with Crippen molar-refractivity contribution in [3.8, 4) is 0 Å². The van der Waals surface area contributed by atoms with Crippen molar-refractivity contribution in [2.24, 2.45) is 16.5 Å². The Balaban J connectivity index is 2.47. The molecule has 0 unspecified atom stereocenters. The average molecular weight is 227 g/mol. The van der Waals surface area contributed by atoms with Gasteiger partial charge in [0.15, 0.2) is 0 Å². The van der Waals surface area contributed by atoms with Crippen molar-refractivity contribution in [1.82, 2.24) is 9.80 Å². The van der Waals surface area contributed by atoms with Gasteiger partial charge in [0, 0.05) is 26.2 Å². The molecule has 0 spiro atoms. The maximum atomic E-state index is 11.4. The smallest absolute Gasteiger partial charge is 0.344 e. The maximum Gasteiger partial charge on any atom is 0.344 e. The van der Waals surface area contributed by atoms with E-state index < -0.39 is 6.03 Å². The number of nitrogens with zero attached hydrogens (tertiary/aromatic N) is 3. The molecule has 1 heterocycles. The van der Waals surface area contributed by atoms with E-state index in [1.54, 1.807) is 16.8 Å². The number of aliphatic imine (C=N–C) groups is 1. The molecule has 0 aromatic rings. The minimum Gasteiger partial charge on any atom is -0.390 e. The zero-order valence-electron chi connectivity index (χ0n) is 9.30. The second-order valence-electron chi connectivity index (χ2n) is 3.73. The van der Waals surface area contributed by atoms with E-state index in [2.05, 4.69) is 4.99 Å². The molecule has 90 valence electrons. The van der Waals surface area contributed by atoms with Crippen molar-refractivity contribution in [3.05, 3.63) is 0 Å². The lowest BCUT2D eigenvalue weighted by Crippen LogP contribution is -2.48. The van der Waals surface area contributed by atoms with Gasteiger partial charge in [-0.1, -0.05) is 0 Å². The summed E-state index contributed by atoms with van der Waals surface area (Å²) in [6, 6.07) is -0.681. The van der Waals surface area contributed by atoms with E-state index >= 15 is 0 Å². The summed E-state index contributed by atoms with van der Waals surface area (Å²) in [5.41, 5.74) is 10.2. The number of carbonyl (C=O) groups excluding carboxylic acids is 2. The Hall–Kier alpha value is -1.79. The number of hydrogen-bond acceptors (Lipinski definition) is 2. The quantitative estimate of drug-likeness (QED) is 0.469. The van der Waals surface area contributed by atoms with E-state index in [0.29, 0.717) is 25.9 Å². The minimum absolute atomic E-state index is 0.0896. The predicted molar refractivity (Wildman–Crippen MR) is 60.0 cm³/mol. The fourth-order valence-electron chi connectivity index (χ4n) is 1.78. The Morgan fingerprint density at radius 1 is 1.44 bits per heavy atom. The number of likely N-dealkylation sites (tertiary alicyclic amines) is 1. The molecule has 1 aliphatic rings. The molecule has 0 radical (unpaired) electrons. The number of urea groups is 2. The highest BCUT2D eigenvalue weighted by molar-refractivity contribution is 5.82. The predicted octanol–water partition coefficient (Wildman–Crippen LogP) is -0.432. The SMILES string of the molecule is CN(C(=O)N=CN)C1CCN(C(N)=O)CC1. The van der Waals surface area contributed by atoms with Crippen molar-refractivity contribution in [2.75, 3.05) is 20.1 Å². The number of rotatable bonds is 1. The molecule has 0 aromatic carbocycles. The molecule has 0 atom stereocenters. The third kappa shape index (κ3) is 2.85. The molecule has 4 amide bonds. The second-order valence-corrected chi connectivity index (χ2v) is 3.73. The number of hydrogen-bond donors (Lipinski definition) is 2. The normalized spacial score (nSPS) is 17.7. The molecule has 4 N–H and O–H groups in total. The van der Waals surface area contributed by atoms with Crippen molar-refractivity contribution in [3.63, 3.8) is 0 Å². The van der Waals surface area contributed by atoms with Crippen LogP contribution in [0.5, 0.6) is 0 Å². The van der Waals surface area contributed by atoms with Gasteiger partial charge in [-0.05, 0) is 12.8 Å². The van der Waals surface area contributed by atoms with Crippen LogP contribution in [0.4, 0.5) is 9.59 Å². The lowest BCUT2D eigenvalue weighted by molar-refractivity contribution is 0.148. The van der Waals surface area contributed by atoms with Crippen LogP contribution < -0.4 is 11.5 Å². The van der Waals surface area contributed by atoms with Crippen LogP contribution in [-0.4, -0.2) is 54.4 Å². The Bertz CT molecular complexity index is 296. The number of amides is 4. The topological polar surface area (TPSA) is 105 Å². The van der Waals surface area contributed by atoms with Gasteiger partial charge in [-0.2, -0.15) is 4.99 Å². The van der Waals surface area contributed by atoms with Gasteiger partial charge in [0.1, 0.15) is 0 Å². The van der Waals surface area contributed by atoms with Crippen LogP contribution in [0.3, 0.4) is 0 Å². The fourth-order valence-corrected chi connectivity index (χ4v) is 1.78. The first-order chi connectivity index (χ1) is 7.56. The zero-order chi connectivity index (χ0) is 12.1. The van der Waals surface area contributed by atoms with Gasteiger partial charge >= 0.3 is 12.1 Å². The van der Waals surface area contributed by atoms with Gasteiger partial charge in [0.2, 0.25) is 0 Å². The summed E-state index contributed by atoms with van der Waals surface area (Å²) < 4.78 is 0. The number of carbonyl (C=O) groups is 2. The van der Waals surface area contributed by atoms with Crippen LogP contribution in [-0.2, 0) is 0 Å². The first kappa shape index (κ1) is 12.3.